The quantitative estimate of drug-likeness (QED) is 0.0600. The van der Waals surface area contributed by atoms with Gasteiger partial charge in [-0.1, -0.05) is 63.6 Å². The van der Waals surface area contributed by atoms with E-state index >= 15 is 0 Å². The minimum absolute atomic E-state index is 0.0296. The number of nitrogens with one attached hydrogen (secondary N) is 1. The van der Waals surface area contributed by atoms with Crippen molar-refractivity contribution in [3.8, 4) is 17.2 Å². The number of esters is 1. The summed E-state index contributed by atoms with van der Waals surface area (Å²) < 4.78 is 58.5. The third-order valence-electron chi connectivity index (χ3n) is 6.47. The van der Waals surface area contributed by atoms with E-state index in [1.54, 1.807) is 12.1 Å². The largest absolute Gasteiger partial charge is 0.494 e. The number of benzene rings is 3. The number of hydrogen-bond donors (Lipinski definition) is 1. The number of ether oxygens (including phenoxy) is 4. The molecule has 4 aromatic rings. The number of methoxy groups -OCH3 is 2. The highest BCUT2D eigenvalue weighted by Crippen LogP contribution is 2.41. The van der Waals surface area contributed by atoms with Gasteiger partial charge in [-0.3, -0.25) is 4.72 Å². The molecule has 0 bridgehead atoms. The molecular weight excluding hydrogens is 640 g/mol. The van der Waals surface area contributed by atoms with Gasteiger partial charge in [0.05, 0.1) is 26.4 Å². The lowest BCUT2D eigenvalue weighted by atomic mass is 10.1. The number of unbranched alkanes of at least 4 members (excludes halogenated alkanes) is 2. The molecule has 4 rings (SSSR count). The maximum Gasteiger partial charge on any atom is 0.338 e. The molecule has 0 saturated heterocycles. The van der Waals surface area contributed by atoms with E-state index in [0.717, 1.165) is 35.7 Å². The van der Waals surface area contributed by atoms with E-state index in [4.69, 9.17) is 23.5 Å². The number of nitrogens with zero attached hydrogens (tertiary/aromatic N) is 1. The molecule has 0 spiro atoms. The molecule has 1 aromatic heterocycles. The van der Waals surface area contributed by atoms with Crippen LogP contribution in [-0.2, 0) is 27.8 Å². The van der Waals surface area contributed by atoms with Gasteiger partial charge in [-0.05, 0) is 49.4 Å². The fourth-order valence-electron chi connectivity index (χ4n) is 4.36. The lowest BCUT2D eigenvalue weighted by molar-refractivity contribution is 0.0600. The maximum atomic E-state index is 14.0. The summed E-state index contributed by atoms with van der Waals surface area (Å²) in [5, 5.41) is 4.41. The van der Waals surface area contributed by atoms with Gasteiger partial charge >= 0.3 is 5.97 Å². The Balaban J connectivity index is 1.77. The molecule has 0 unspecified atom stereocenters. The van der Waals surface area contributed by atoms with Gasteiger partial charge < -0.3 is 23.5 Å². The summed E-state index contributed by atoms with van der Waals surface area (Å²) in [6.07, 6.45) is 4.86. The van der Waals surface area contributed by atoms with E-state index in [0.29, 0.717) is 18.8 Å². The molecule has 12 heteroatoms. The predicted octanol–water partition coefficient (Wildman–Crippen LogP) is 6.68. The zero-order valence-corrected chi connectivity index (χ0v) is 26.3. The summed E-state index contributed by atoms with van der Waals surface area (Å²) in [5.74, 6) is 0.0299. The van der Waals surface area contributed by atoms with Gasteiger partial charge in [0.2, 0.25) is 5.03 Å². The van der Waals surface area contributed by atoms with Crippen molar-refractivity contribution in [2.45, 2.75) is 37.3 Å². The average Bonchev–Trinajstić information content (AvgIpc) is 3.46. The number of aromatic nitrogens is 1. The summed E-state index contributed by atoms with van der Waals surface area (Å²) in [4.78, 5) is 12.4. The Hall–Kier alpha value is -4.03. The van der Waals surface area contributed by atoms with Crippen molar-refractivity contribution in [2.75, 3.05) is 30.9 Å². The summed E-state index contributed by atoms with van der Waals surface area (Å²) >= 11 is 3.43. The standard InChI is InChI=1S/C31H33BrN2O8S/c1-4-11-22-14-15-24(38-2)28(29(22)40-17-10-6-9-16-32)34-43(36,37)30-27-25(41-20-21-12-7-5-8-13-21)18-23(31(35)39-3)19-26(27)42-33-30/h4-5,7-8,12-15,18-19,34H,1,6,9-11,16-17,20H2,2-3H3. The van der Waals surface area contributed by atoms with Crippen LogP contribution in [0.4, 0.5) is 5.69 Å². The van der Waals surface area contributed by atoms with Crippen LogP contribution in [0.5, 0.6) is 17.2 Å². The van der Waals surface area contributed by atoms with Gasteiger partial charge in [-0.2, -0.15) is 8.42 Å². The van der Waals surface area contributed by atoms with E-state index in [1.807, 2.05) is 36.4 Å². The Kier molecular flexibility index (Phi) is 11.1. The molecule has 0 amide bonds. The molecule has 0 saturated carbocycles. The van der Waals surface area contributed by atoms with E-state index < -0.39 is 21.0 Å². The Bertz CT molecular complexity index is 1670. The first-order valence-corrected chi connectivity index (χ1v) is 16.1. The number of sulfonamides is 1. The van der Waals surface area contributed by atoms with Crippen LogP contribution >= 0.6 is 15.9 Å². The van der Waals surface area contributed by atoms with E-state index in [-0.39, 0.29) is 40.3 Å². The van der Waals surface area contributed by atoms with Crippen LogP contribution < -0.4 is 18.9 Å². The van der Waals surface area contributed by atoms with Crippen LogP contribution in [0.1, 0.15) is 40.7 Å². The maximum absolute atomic E-state index is 14.0. The van der Waals surface area contributed by atoms with Crippen LogP contribution in [0.2, 0.25) is 0 Å². The zero-order valence-electron chi connectivity index (χ0n) is 23.9. The number of carbonyl (C=O) groups is 1. The number of fused-ring (bicyclic) bond motifs is 1. The monoisotopic (exact) mass is 672 g/mol. The number of anilines is 1. The van der Waals surface area contributed by atoms with Crippen LogP contribution in [0.25, 0.3) is 11.0 Å². The molecule has 1 heterocycles. The summed E-state index contributed by atoms with van der Waals surface area (Å²) in [5.41, 5.74) is 1.83. The van der Waals surface area contributed by atoms with Gasteiger partial charge in [0.25, 0.3) is 10.0 Å². The molecule has 43 heavy (non-hydrogen) atoms. The second-order valence-corrected chi connectivity index (χ2v) is 11.8. The third kappa shape index (κ3) is 7.68. The van der Waals surface area contributed by atoms with Gasteiger partial charge in [-0.25, -0.2) is 4.79 Å². The lowest BCUT2D eigenvalue weighted by Gasteiger charge is -2.19. The highest BCUT2D eigenvalue weighted by molar-refractivity contribution is 9.09. The predicted molar refractivity (Wildman–Crippen MR) is 167 cm³/mol. The fourth-order valence-corrected chi connectivity index (χ4v) is 5.92. The first kappa shape index (κ1) is 31.9. The van der Waals surface area contributed by atoms with Gasteiger partial charge in [-0.15, -0.1) is 6.58 Å². The summed E-state index contributed by atoms with van der Waals surface area (Å²) in [6, 6.07) is 15.5. The number of carbonyl (C=O) groups excluding carboxylic acids is 1. The van der Waals surface area contributed by atoms with E-state index in [2.05, 4.69) is 32.4 Å². The molecular formula is C31H33BrN2O8S. The molecule has 0 aliphatic heterocycles. The number of halogens is 1. The van der Waals surface area contributed by atoms with Gasteiger partial charge in [0.15, 0.2) is 11.3 Å². The molecule has 0 aliphatic rings. The number of hydrogen-bond acceptors (Lipinski definition) is 9. The molecule has 0 aliphatic carbocycles. The van der Waals surface area contributed by atoms with Crippen LogP contribution in [0, 0.1) is 0 Å². The molecule has 1 N–H and O–H groups in total. The minimum Gasteiger partial charge on any atom is -0.494 e. The average molecular weight is 674 g/mol. The van der Waals surface area contributed by atoms with Crippen molar-refractivity contribution in [2.24, 2.45) is 0 Å². The molecule has 0 radical (unpaired) electrons. The SMILES string of the molecule is C=CCc1ccc(OC)c(NS(=O)(=O)c2noc3cc(C(=O)OC)cc(OCc4ccccc4)c23)c1OCCCCCBr. The van der Waals surface area contributed by atoms with Crippen molar-refractivity contribution in [3.05, 3.63) is 83.9 Å². The Labute approximate surface area is 259 Å². The van der Waals surface area contributed by atoms with Crippen LogP contribution in [0.3, 0.4) is 0 Å². The van der Waals surface area contributed by atoms with Gasteiger partial charge in [0.1, 0.15) is 29.2 Å². The van der Waals surface area contributed by atoms with Gasteiger partial charge in [0, 0.05) is 10.9 Å². The highest BCUT2D eigenvalue weighted by Gasteiger charge is 2.30. The van der Waals surface area contributed by atoms with Crippen molar-refractivity contribution >= 4 is 48.6 Å². The first-order valence-electron chi connectivity index (χ1n) is 13.5. The molecule has 3 aromatic carbocycles. The second kappa shape index (κ2) is 14.9. The molecule has 0 fully saturated rings. The second-order valence-electron chi connectivity index (χ2n) is 9.43. The minimum atomic E-state index is -4.41. The van der Waals surface area contributed by atoms with Crippen LogP contribution in [0.15, 0.2) is 76.8 Å². The highest BCUT2D eigenvalue weighted by atomic mass is 79.9. The third-order valence-corrected chi connectivity index (χ3v) is 8.29. The Morgan fingerprint density at radius 2 is 1.84 bits per heavy atom. The van der Waals surface area contributed by atoms with Crippen LogP contribution in [-0.4, -0.2) is 45.7 Å². The normalized spacial score (nSPS) is 11.2. The lowest BCUT2D eigenvalue weighted by Crippen LogP contribution is -2.16. The summed E-state index contributed by atoms with van der Waals surface area (Å²) in [6.45, 7) is 4.29. The zero-order chi connectivity index (χ0) is 30.8. The Morgan fingerprint density at radius 1 is 1.05 bits per heavy atom. The molecule has 0 atom stereocenters. The first-order chi connectivity index (χ1) is 20.8. The van der Waals surface area contributed by atoms with Crippen molar-refractivity contribution in [1.82, 2.24) is 5.16 Å². The number of allylic oxidation sites excluding steroid dienone is 1. The van der Waals surface area contributed by atoms with E-state index in [9.17, 15) is 13.2 Å². The molecule has 228 valence electrons. The smallest absolute Gasteiger partial charge is 0.338 e. The fraction of sp³-hybridized carbons (Fsp3) is 0.290. The Morgan fingerprint density at radius 3 is 2.53 bits per heavy atom. The number of alkyl halides is 1. The molecule has 10 nitrogen and oxygen atoms in total. The summed E-state index contributed by atoms with van der Waals surface area (Å²) in [7, 11) is -1.73. The number of rotatable bonds is 16. The van der Waals surface area contributed by atoms with E-state index in [1.165, 1.54) is 26.4 Å². The topological polar surface area (TPSA) is 126 Å². The van der Waals surface area contributed by atoms with Crippen molar-refractivity contribution < 1.29 is 36.7 Å². The van der Waals surface area contributed by atoms with Crippen molar-refractivity contribution in [1.29, 1.82) is 0 Å². The van der Waals surface area contributed by atoms with Crippen molar-refractivity contribution in [3.63, 3.8) is 0 Å².